The van der Waals surface area contributed by atoms with Gasteiger partial charge in [0.15, 0.2) is 0 Å². The number of carbonyl (C=O) groups is 2. The third-order valence-corrected chi connectivity index (χ3v) is 2.69. The summed E-state index contributed by atoms with van der Waals surface area (Å²) in [6, 6.07) is 6.23. The highest BCUT2D eigenvalue weighted by atomic mass is 19.1. The van der Waals surface area contributed by atoms with Crippen molar-refractivity contribution < 1.29 is 22.8 Å². The normalized spacial score (nSPS) is 10.2. The number of hydrogen-bond donors (Lipinski definition) is 2. The fraction of sp³-hybridized carbons (Fsp3) is 0. The van der Waals surface area contributed by atoms with Crippen LogP contribution in [-0.2, 0) is 0 Å². The van der Waals surface area contributed by atoms with E-state index < -0.39 is 40.5 Å². The number of amides is 2. The second-order valence-electron chi connectivity index (χ2n) is 4.11. The highest BCUT2D eigenvalue weighted by Crippen LogP contribution is 2.20. The van der Waals surface area contributed by atoms with E-state index in [1.54, 1.807) is 0 Å². The van der Waals surface area contributed by atoms with E-state index in [4.69, 9.17) is 5.73 Å². The average molecular weight is 294 g/mol. The van der Waals surface area contributed by atoms with Crippen molar-refractivity contribution in [3.63, 3.8) is 0 Å². The maximum Gasteiger partial charge on any atom is 0.258 e. The Morgan fingerprint density at radius 2 is 1.57 bits per heavy atom. The SMILES string of the molecule is NC(=O)c1cc(NC(=O)c2ccccc2F)c(F)cc1F. The molecule has 21 heavy (non-hydrogen) atoms. The van der Waals surface area contributed by atoms with Gasteiger partial charge < -0.3 is 11.1 Å². The molecule has 0 heterocycles. The van der Waals surface area contributed by atoms with Crippen molar-refractivity contribution in [2.45, 2.75) is 0 Å². The smallest absolute Gasteiger partial charge is 0.258 e. The van der Waals surface area contributed by atoms with Crippen LogP contribution in [0.1, 0.15) is 20.7 Å². The van der Waals surface area contributed by atoms with Crippen LogP contribution in [-0.4, -0.2) is 11.8 Å². The van der Waals surface area contributed by atoms with Gasteiger partial charge in [-0.25, -0.2) is 13.2 Å². The first-order chi connectivity index (χ1) is 9.90. The van der Waals surface area contributed by atoms with Gasteiger partial charge in [-0.05, 0) is 18.2 Å². The molecule has 4 nitrogen and oxygen atoms in total. The summed E-state index contributed by atoms with van der Waals surface area (Å²) in [5, 5.41) is 2.06. The number of halogens is 3. The predicted octanol–water partition coefficient (Wildman–Crippen LogP) is 2.46. The number of nitrogens with two attached hydrogens (primary N) is 1. The Labute approximate surface area is 117 Å². The van der Waals surface area contributed by atoms with Crippen molar-refractivity contribution in [2.24, 2.45) is 5.73 Å². The molecule has 0 aliphatic heterocycles. The van der Waals surface area contributed by atoms with Crippen LogP contribution in [0.2, 0.25) is 0 Å². The number of benzene rings is 2. The number of carbonyl (C=O) groups excluding carboxylic acids is 2. The zero-order valence-corrected chi connectivity index (χ0v) is 10.5. The molecule has 0 aromatic heterocycles. The van der Waals surface area contributed by atoms with Crippen molar-refractivity contribution >= 4 is 17.5 Å². The van der Waals surface area contributed by atoms with Crippen molar-refractivity contribution in [1.29, 1.82) is 0 Å². The number of primary amides is 1. The fourth-order valence-electron chi connectivity index (χ4n) is 1.67. The van der Waals surface area contributed by atoms with E-state index in [9.17, 15) is 22.8 Å². The van der Waals surface area contributed by atoms with Crippen LogP contribution in [0.3, 0.4) is 0 Å². The molecule has 2 aromatic rings. The van der Waals surface area contributed by atoms with Crippen molar-refractivity contribution in [3.05, 3.63) is 65.0 Å². The highest BCUT2D eigenvalue weighted by Gasteiger charge is 2.17. The number of rotatable bonds is 3. The van der Waals surface area contributed by atoms with Gasteiger partial charge in [-0.15, -0.1) is 0 Å². The summed E-state index contributed by atoms with van der Waals surface area (Å²) >= 11 is 0. The molecule has 0 saturated heterocycles. The third kappa shape index (κ3) is 3.02. The highest BCUT2D eigenvalue weighted by molar-refractivity contribution is 6.05. The molecule has 2 aromatic carbocycles. The Hall–Kier alpha value is -2.83. The first-order valence-corrected chi connectivity index (χ1v) is 5.75. The minimum absolute atomic E-state index is 0.318. The quantitative estimate of drug-likeness (QED) is 0.912. The summed E-state index contributed by atoms with van der Waals surface area (Å²) in [6.07, 6.45) is 0. The topological polar surface area (TPSA) is 72.2 Å². The first-order valence-electron chi connectivity index (χ1n) is 5.75. The molecular formula is C14H9F3N2O2. The summed E-state index contributed by atoms with van der Waals surface area (Å²) in [4.78, 5) is 22.8. The fourth-order valence-corrected chi connectivity index (χ4v) is 1.67. The third-order valence-electron chi connectivity index (χ3n) is 2.69. The monoisotopic (exact) mass is 294 g/mol. The minimum atomic E-state index is -1.15. The molecule has 0 radical (unpaired) electrons. The molecule has 2 amide bonds. The Balaban J connectivity index is 2.36. The van der Waals surface area contributed by atoms with Gasteiger partial charge in [0, 0.05) is 6.07 Å². The molecule has 7 heteroatoms. The average Bonchev–Trinajstić information content (AvgIpc) is 2.41. The Morgan fingerprint density at radius 3 is 2.19 bits per heavy atom. The molecule has 0 bridgehead atoms. The number of hydrogen-bond acceptors (Lipinski definition) is 2. The summed E-state index contributed by atoms with van der Waals surface area (Å²) in [5.41, 5.74) is 3.55. The van der Waals surface area contributed by atoms with Crippen molar-refractivity contribution in [2.75, 3.05) is 5.32 Å². The van der Waals surface area contributed by atoms with Crippen LogP contribution in [0.25, 0.3) is 0 Å². The second-order valence-corrected chi connectivity index (χ2v) is 4.11. The molecule has 0 saturated carbocycles. The van der Waals surface area contributed by atoms with Crippen LogP contribution in [0.15, 0.2) is 36.4 Å². The molecule has 0 aliphatic carbocycles. The number of anilines is 1. The van der Waals surface area contributed by atoms with Crippen molar-refractivity contribution in [3.8, 4) is 0 Å². The van der Waals surface area contributed by atoms with Gasteiger partial charge in [0.25, 0.3) is 11.8 Å². The molecule has 0 unspecified atom stereocenters. The molecule has 0 fully saturated rings. The van der Waals surface area contributed by atoms with E-state index in [0.717, 1.165) is 12.1 Å². The summed E-state index contributed by atoms with van der Waals surface area (Å²) in [7, 11) is 0. The van der Waals surface area contributed by atoms with Gasteiger partial charge in [-0.2, -0.15) is 0 Å². The van der Waals surface area contributed by atoms with E-state index in [2.05, 4.69) is 5.32 Å². The van der Waals surface area contributed by atoms with E-state index in [1.807, 2.05) is 0 Å². The zero-order valence-electron chi connectivity index (χ0n) is 10.5. The van der Waals surface area contributed by atoms with Gasteiger partial charge in [0.2, 0.25) is 0 Å². The lowest BCUT2D eigenvalue weighted by molar-refractivity contribution is 0.0991. The molecule has 0 aliphatic rings. The molecule has 0 spiro atoms. The van der Waals surface area contributed by atoms with Gasteiger partial charge >= 0.3 is 0 Å². The minimum Gasteiger partial charge on any atom is -0.366 e. The van der Waals surface area contributed by atoms with E-state index >= 15 is 0 Å². The Morgan fingerprint density at radius 1 is 0.905 bits per heavy atom. The second kappa shape index (κ2) is 5.66. The lowest BCUT2D eigenvalue weighted by atomic mass is 10.1. The number of nitrogens with one attached hydrogen (secondary N) is 1. The van der Waals surface area contributed by atoms with Gasteiger partial charge in [-0.1, -0.05) is 12.1 Å². The van der Waals surface area contributed by atoms with Crippen LogP contribution >= 0.6 is 0 Å². The Kier molecular flexibility index (Phi) is 3.93. The van der Waals surface area contributed by atoms with E-state index in [0.29, 0.717) is 6.07 Å². The van der Waals surface area contributed by atoms with Crippen LogP contribution < -0.4 is 11.1 Å². The standard InChI is InChI=1S/C14H9F3N2O2/c15-9-4-2-1-3-7(9)14(21)19-12-5-8(13(18)20)10(16)6-11(12)17/h1-6H,(H2,18,20)(H,19,21). The van der Waals surface area contributed by atoms with Crippen LogP contribution in [0.5, 0.6) is 0 Å². The largest absolute Gasteiger partial charge is 0.366 e. The molecule has 0 atom stereocenters. The maximum atomic E-state index is 13.6. The summed E-state index contributed by atoms with van der Waals surface area (Å²) in [5.74, 6) is -5.11. The zero-order chi connectivity index (χ0) is 15.6. The summed E-state index contributed by atoms with van der Waals surface area (Å²) in [6.45, 7) is 0. The molecule has 3 N–H and O–H groups in total. The Bertz CT molecular complexity index is 732. The lowest BCUT2D eigenvalue weighted by Gasteiger charge is -2.09. The van der Waals surface area contributed by atoms with Gasteiger partial charge in [-0.3, -0.25) is 9.59 Å². The predicted molar refractivity (Wildman–Crippen MR) is 69.2 cm³/mol. The lowest BCUT2D eigenvalue weighted by Crippen LogP contribution is -2.18. The molecule has 108 valence electrons. The van der Waals surface area contributed by atoms with E-state index in [-0.39, 0.29) is 5.56 Å². The van der Waals surface area contributed by atoms with Crippen LogP contribution in [0.4, 0.5) is 18.9 Å². The van der Waals surface area contributed by atoms with Gasteiger partial charge in [0.05, 0.1) is 16.8 Å². The molecular weight excluding hydrogens is 285 g/mol. The first kappa shape index (κ1) is 14.6. The summed E-state index contributed by atoms with van der Waals surface area (Å²) < 4.78 is 40.3. The maximum absolute atomic E-state index is 13.6. The molecule has 2 rings (SSSR count). The van der Waals surface area contributed by atoms with Crippen LogP contribution in [0, 0.1) is 17.5 Å². The van der Waals surface area contributed by atoms with Gasteiger partial charge in [0.1, 0.15) is 17.5 Å². The van der Waals surface area contributed by atoms with E-state index in [1.165, 1.54) is 18.2 Å². The van der Waals surface area contributed by atoms with Crippen molar-refractivity contribution in [1.82, 2.24) is 0 Å².